The fraction of sp³-hybridized carbons (Fsp3) is 0.0909. The zero-order chi connectivity index (χ0) is 11.4. The predicted octanol–water partition coefficient (Wildman–Crippen LogP) is 3.50. The number of anilines is 1. The van der Waals surface area contributed by atoms with Gasteiger partial charge in [0, 0.05) is 16.0 Å². The second-order valence-electron chi connectivity index (χ2n) is 3.22. The molecule has 0 saturated heterocycles. The second-order valence-corrected chi connectivity index (χ2v) is 4.51. The number of nitrogens with one attached hydrogen (secondary N) is 1. The normalized spacial score (nSPS) is 10.1. The van der Waals surface area contributed by atoms with Crippen LogP contribution in [0.25, 0.3) is 0 Å². The lowest BCUT2D eigenvalue weighted by Crippen LogP contribution is -2.00. The van der Waals surface area contributed by atoms with Crippen molar-refractivity contribution in [3.05, 3.63) is 52.0 Å². The number of aromatic nitrogens is 2. The van der Waals surface area contributed by atoms with Gasteiger partial charge in [0.1, 0.15) is 6.33 Å². The Morgan fingerprint density at radius 2 is 2.00 bits per heavy atom. The molecule has 82 valence electrons. The third-order valence-corrected chi connectivity index (χ3v) is 3.06. The van der Waals surface area contributed by atoms with Crippen LogP contribution in [0.1, 0.15) is 5.56 Å². The lowest BCUT2D eigenvalue weighted by molar-refractivity contribution is 1.09. The zero-order valence-corrected chi connectivity index (χ0v) is 10.7. The quantitative estimate of drug-likeness (QED) is 0.942. The Hall–Kier alpha value is -1.13. The molecular weight excluding hydrogens is 289 g/mol. The molecule has 2 rings (SSSR count). The molecule has 0 spiro atoms. The van der Waals surface area contributed by atoms with Crippen molar-refractivity contribution in [1.82, 2.24) is 9.97 Å². The summed E-state index contributed by atoms with van der Waals surface area (Å²) in [5.74, 6) is 0. The van der Waals surface area contributed by atoms with Gasteiger partial charge in [-0.1, -0.05) is 27.5 Å². The van der Waals surface area contributed by atoms with E-state index in [0.717, 1.165) is 20.7 Å². The molecule has 0 aliphatic carbocycles. The van der Waals surface area contributed by atoms with Crippen molar-refractivity contribution in [3.63, 3.8) is 0 Å². The minimum atomic E-state index is 0.675. The summed E-state index contributed by atoms with van der Waals surface area (Å²) in [6.45, 7) is 0.675. The summed E-state index contributed by atoms with van der Waals surface area (Å²) < 4.78 is 1.03. The van der Waals surface area contributed by atoms with Crippen LogP contribution in [0.3, 0.4) is 0 Å². The molecule has 16 heavy (non-hydrogen) atoms. The van der Waals surface area contributed by atoms with E-state index < -0.39 is 0 Å². The molecule has 0 unspecified atom stereocenters. The van der Waals surface area contributed by atoms with Gasteiger partial charge >= 0.3 is 0 Å². The molecule has 1 aromatic heterocycles. The molecule has 0 aliphatic heterocycles. The van der Waals surface area contributed by atoms with Gasteiger partial charge in [0.2, 0.25) is 0 Å². The van der Waals surface area contributed by atoms with Gasteiger partial charge in [-0.25, -0.2) is 9.97 Å². The van der Waals surface area contributed by atoms with Crippen LogP contribution in [0.2, 0.25) is 5.02 Å². The van der Waals surface area contributed by atoms with Gasteiger partial charge in [-0.05, 0) is 23.8 Å². The van der Waals surface area contributed by atoms with E-state index in [0.29, 0.717) is 6.54 Å². The van der Waals surface area contributed by atoms with Crippen LogP contribution < -0.4 is 5.32 Å². The van der Waals surface area contributed by atoms with E-state index in [4.69, 9.17) is 11.6 Å². The highest BCUT2D eigenvalue weighted by Crippen LogP contribution is 2.21. The van der Waals surface area contributed by atoms with Crippen molar-refractivity contribution in [2.45, 2.75) is 6.54 Å². The van der Waals surface area contributed by atoms with Crippen LogP contribution in [0.15, 0.2) is 41.4 Å². The second kappa shape index (κ2) is 5.27. The van der Waals surface area contributed by atoms with Crippen molar-refractivity contribution >= 4 is 33.2 Å². The van der Waals surface area contributed by atoms with Gasteiger partial charge < -0.3 is 5.32 Å². The SMILES string of the molecule is Clc1ccc(Br)c(CNc2cncnc2)c1. The Balaban J connectivity index is 2.08. The number of hydrogen-bond donors (Lipinski definition) is 1. The molecule has 1 heterocycles. The Morgan fingerprint density at radius 3 is 2.75 bits per heavy atom. The molecule has 0 saturated carbocycles. The van der Waals surface area contributed by atoms with Crippen molar-refractivity contribution in [2.24, 2.45) is 0 Å². The minimum Gasteiger partial charge on any atom is -0.378 e. The summed E-state index contributed by atoms with van der Waals surface area (Å²) in [7, 11) is 0. The van der Waals surface area contributed by atoms with E-state index >= 15 is 0 Å². The number of nitrogens with zero attached hydrogens (tertiary/aromatic N) is 2. The van der Waals surface area contributed by atoms with E-state index in [-0.39, 0.29) is 0 Å². The van der Waals surface area contributed by atoms with Crippen LogP contribution in [-0.2, 0) is 6.54 Å². The highest BCUT2D eigenvalue weighted by atomic mass is 79.9. The van der Waals surface area contributed by atoms with Crippen molar-refractivity contribution in [2.75, 3.05) is 5.32 Å². The summed E-state index contributed by atoms with van der Waals surface area (Å²) in [6.07, 6.45) is 4.96. The molecule has 0 amide bonds. The first kappa shape index (κ1) is 11.4. The van der Waals surface area contributed by atoms with E-state index in [9.17, 15) is 0 Å². The van der Waals surface area contributed by atoms with Crippen molar-refractivity contribution < 1.29 is 0 Å². The lowest BCUT2D eigenvalue weighted by Gasteiger charge is -2.07. The van der Waals surface area contributed by atoms with Gasteiger partial charge in [-0.15, -0.1) is 0 Å². The topological polar surface area (TPSA) is 37.8 Å². The third-order valence-electron chi connectivity index (χ3n) is 2.05. The van der Waals surface area contributed by atoms with Gasteiger partial charge in [0.05, 0.1) is 18.1 Å². The van der Waals surface area contributed by atoms with Gasteiger partial charge in [-0.3, -0.25) is 0 Å². The molecule has 3 nitrogen and oxygen atoms in total. The monoisotopic (exact) mass is 297 g/mol. The Kier molecular flexibility index (Phi) is 3.74. The first-order valence-corrected chi connectivity index (χ1v) is 5.85. The largest absolute Gasteiger partial charge is 0.378 e. The van der Waals surface area contributed by atoms with Gasteiger partial charge in [0.15, 0.2) is 0 Å². The maximum Gasteiger partial charge on any atom is 0.115 e. The van der Waals surface area contributed by atoms with E-state index in [1.54, 1.807) is 12.4 Å². The number of halogens is 2. The average molecular weight is 299 g/mol. The molecule has 0 aliphatic rings. The number of benzene rings is 1. The maximum atomic E-state index is 5.93. The van der Waals surface area contributed by atoms with Crippen LogP contribution in [0, 0.1) is 0 Å². The molecular formula is C11H9BrClN3. The highest BCUT2D eigenvalue weighted by Gasteiger charge is 2.00. The van der Waals surface area contributed by atoms with Gasteiger partial charge in [-0.2, -0.15) is 0 Å². The maximum absolute atomic E-state index is 5.93. The molecule has 0 radical (unpaired) electrons. The summed E-state index contributed by atoms with van der Waals surface area (Å²) in [4.78, 5) is 7.85. The highest BCUT2D eigenvalue weighted by molar-refractivity contribution is 9.10. The summed E-state index contributed by atoms with van der Waals surface area (Å²) in [5, 5.41) is 3.94. The molecule has 5 heteroatoms. The molecule has 1 N–H and O–H groups in total. The molecule has 1 aromatic carbocycles. The lowest BCUT2D eigenvalue weighted by atomic mass is 10.2. The molecule has 2 aromatic rings. The summed E-state index contributed by atoms with van der Waals surface area (Å²) in [5.41, 5.74) is 1.98. The fourth-order valence-corrected chi connectivity index (χ4v) is 1.85. The number of hydrogen-bond acceptors (Lipinski definition) is 3. The number of rotatable bonds is 3. The molecule has 0 fully saturated rings. The van der Waals surface area contributed by atoms with E-state index in [1.165, 1.54) is 6.33 Å². The minimum absolute atomic E-state index is 0.675. The first-order chi connectivity index (χ1) is 7.75. The fourth-order valence-electron chi connectivity index (χ4n) is 1.27. The van der Waals surface area contributed by atoms with Crippen molar-refractivity contribution in [3.8, 4) is 0 Å². The Labute approximate surface area is 107 Å². The average Bonchev–Trinajstić information content (AvgIpc) is 2.32. The standard InChI is InChI=1S/C11H9BrClN3/c12-11-2-1-9(13)3-8(11)4-16-10-5-14-7-15-6-10/h1-3,5-7,16H,4H2. The molecule has 0 bridgehead atoms. The smallest absolute Gasteiger partial charge is 0.115 e. The first-order valence-electron chi connectivity index (χ1n) is 4.68. The summed E-state index contributed by atoms with van der Waals surface area (Å²) in [6, 6.07) is 5.70. The molecule has 0 atom stereocenters. The van der Waals surface area contributed by atoms with E-state index in [1.807, 2.05) is 18.2 Å². The Bertz CT molecular complexity index is 476. The predicted molar refractivity (Wildman–Crippen MR) is 68.5 cm³/mol. The Morgan fingerprint density at radius 1 is 1.25 bits per heavy atom. The van der Waals surface area contributed by atoms with Crippen LogP contribution in [0.5, 0.6) is 0 Å². The third kappa shape index (κ3) is 2.93. The van der Waals surface area contributed by atoms with E-state index in [2.05, 4.69) is 31.2 Å². The van der Waals surface area contributed by atoms with Crippen LogP contribution in [0.4, 0.5) is 5.69 Å². The van der Waals surface area contributed by atoms with Gasteiger partial charge in [0.25, 0.3) is 0 Å². The van der Waals surface area contributed by atoms with Crippen molar-refractivity contribution in [1.29, 1.82) is 0 Å². The summed E-state index contributed by atoms with van der Waals surface area (Å²) >= 11 is 9.40. The zero-order valence-electron chi connectivity index (χ0n) is 8.32. The van der Waals surface area contributed by atoms with Crippen LogP contribution >= 0.6 is 27.5 Å². The van der Waals surface area contributed by atoms with Crippen LogP contribution in [-0.4, -0.2) is 9.97 Å².